The van der Waals surface area contributed by atoms with Crippen molar-refractivity contribution >= 4 is 51.2 Å². The van der Waals surface area contributed by atoms with Gasteiger partial charge in [-0.15, -0.1) is 11.3 Å². The molecule has 216 valence electrons. The number of thiazole rings is 1. The molecule has 2 fully saturated rings. The number of likely N-dealkylation sites (tertiary alicyclic amines) is 1. The lowest BCUT2D eigenvalue weighted by Crippen LogP contribution is -2.56. The molecule has 4 rings (SSSR count). The van der Waals surface area contributed by atoms with Crippen molar-refractivity contribution in [2.45, 2.75) is 65.1 Å². The second-order valence-electron chi connectivity index (χ2n) is 11.6. The number of ether oxygens (including phenoxy) is 1. The number of carbonyl (C=O) groups excluding carboxylic acids is 5. The molecule has 0 spiro atoms. The van der Waals surface area contributed by atoms with Crippen molar-refractivity contribution in [1.29, 1.82) is 0 Å². The summed E-state index contributed by atoms with van der Waals surface area (Å²) in [6.07, 6.45) is 0.339. The van der Waals surface area contributed by atoms with Gasteiger partial charge in [-0.3, -0.25) is 19.2 Å². The monoisotopic (exact) mass is 571 g/mol. The molecule has 4 atom stereocenters. The van der Waals surface area contributed by atoms with E-state index in [1.165, 1.54) is 23.3 Å². The van der Waals surface area contributed by atoms with Crippen LogP contribution in [0, 0.1) is 17.3 Å². The highest BCUT2D eigenvalue weighted by atomic mass is 32.1. The first-order valence-corrected chi connectivity index (χ1v) is 14.3. The summed E-state index contributed by atoms with van der Waals surface area (Å²) in [7, 11) is 1.22. The maximum atomic E-state index is 13.8. The minimum Gasteiger partial charge on any atom is -0.453 e. The summed E-state index contributed by atoms with van der Waals surface area (Å²) in [5.74, 6) is -2.06. The number of aromatic nitrogens is 1. The van der Waals surface area contributed by atoms with Gasteiger partial charge in [0.15, 0.2) is 5.01 Å². The Morgan fingerprint density at radius 2 is 1.93 bits per heavy atom. The first kappa shape index (κ1) is 29.4. The van der Waals surface area contributed by atoms with Crippen LogP contribution in [-0.4, -0.2) is 77.8 Å². The average molecular weight is 572 g/mol. The molecule has 2 aliphatic rings. The third-order valence-corrected chi connectivity index (χ3v) is 8.57. The number of benzene rings is 1. The third kappa shape index (κ3) is 6.43. The summed E-state index contributed by atoms with van der Waals surface area (Å²) in [6.45, 7) is 8.35. The fourth-order valence-corrected chi connectivity index (χ4v) is 6.35. The van der Waals surface area contributed by atoms with Crippen molar-refractivity contribution in [2.24, 2.45) is 17.3 Å². The largest absolute Gasteiger partial charge is 0.453 e. The van der Waals surface area contributed by atoms with Gasteiger partial charge in [-0.2, -0.15) is 0 Å². The number of amides is 4. The molecule has 0 unspecified atom stereocenters. The molecule has 0 saturated carbocycles. The molecule has 1 aromatic heterocycles. The van der Waals surface area contributed by atoms with Crippen LogP contribution in [0.5, 0.6) is 0 Å². The number of para-hydroxylation sites is 1. The zero-order valence-corrected chi connectivity index (χ0v) is 24.3. The Hall–Kier alpha value is -3.54. The lowest BCUT2D eigenvalue weighted by atomic mass is 9.90. The molecule has 3 N–H and O–H groups in total. The van der Waals surface area contributed by atoms with Gasteiger partial charge in [0.1, 0.15) is 12.1 Å². The van der Waals surface area contributed by atoms with Crippen LogP contribution in [0.4, 0.5) is 4.79 Å². The predicted octanol–water partition coefficient (Wildman–Crippen LogP) is 2.50. The first-order valence-electron chi connectivity index (χ1n) is 13.5. The van der Waals surface area contributed by atoms with Crippen molar-refractivity contribution in [3.63, 3.8) is 0 Å². The molecule has 40 heavy (non-hydrogen) atoms. The van der Waals surface area contributed by atoms with Gasteiger partial charge >= 0.3 is 6.09 Å². The highest BCUT2D eigenvalue weighted by Gasteiger charge is 2.47. The maximum Gasteiger partial charge on any atom is 0.407 e. The van der Waals surface area contributed by atoms with Crippen LogP contribution in [-0.2, 0) is 19.1 Å². The van der Waals surface area contributed by atoms with E-state index in [0.29, 0.717) is 31.4 Å². The van der Waals surface area contributed by atoms with E-state index >= 15 is 0 Å². The Balaban J connectivity index is 1.59. The van der Waals surface area contributed by atoms with E-state index in [9.17, 15) is 24.0 Å². The summed E-state index contributed by atoms with van der Waals surface area (Å²) < 4.78 is 5.55. The fourth-order valence-electron chi connectivity index (χ4n) is 5.39. The number of carbonyl (C=O) groups is 5. The number of rotatable bonds is 9. The van der Waals surface area contributed by atoms with Gasteiger partial charge in [0.2, 0.25) is 23.5 Å². The van der Waals surface area contributed by atoms with Crippen LogP contribution in [0.2, 0.25) is 0 Å². The summed E-state index contributed by atoms with van der Waals surface area (Å²) >= 11 is 1.24. The molecule has 4 amide bonds. The minimum absolute atomic E-state index is 0.134. The van der Waals surface area contributed by atoms with Crippen LogP contribution >= 0.6 is 11.3 Å². The van der Waals surface area contributed by atoms with Gasteiger partial charge in [-0.25, -0.2) is 9.78 Å². The summed E-state index contributed by atoms with van der Waals surface area (Å²) in [4.78, 5) is 71.5. The molecule has 3 heterocycles. The zero-order valence-electron chi connectivity index (χ0n) is 23.5. The van der Waals surface area contributed by atoms with E-state index in [1.807, 2.05) is 38.1 Å². The van der Waals surface area contributed by atoms with Gasteiger partial charge in [-0.1, -0.05) is 39.8 Å². The number of fused-ring (bicyclic) bond motifs is 1. The Bertz CT molecular complexity index is 1270. The molecule has 11 nitrogen and oxygen atoms in total. The average Bonchev–Trinajstić information content (AvgIpc) is 3.61. The third-order valence-electron chi connectivity index (χ3n) is 7.52. The molecule has 1 aromatic carbocycles. The summed E-state index contributed by atoms with van der Waals surface area (Å²) in [5, 5.41) is 8.51. The second kappa shape index (κ2) is 11.9. The van der Waals surface area contributed by atoms with E-state index in [0.717, 1.165) is 4.70 Å². The van der Waals surface area contributed by atoms with E-state index in [-0.39, 0.29) is 34.5 Å². The van der Waals surface area contributed by atoms with Crippen LogP contribution in [0.25, 0.3) is 10.2 Å². The lowest BCUT2D eigenvalue weighted by Gasteiger charge is -2.31. The van der Waals surface area contributed by atoms with Gasteiger partial charge < -0.3 is 25.6 Å². The van der Waals surface area contributed by atoms with Crippen molar-refractivity contribution < 1.29 is 28.7 Å². The predicted molar refractivity (Wildman–Crippen MR) is 150 cm³/mol. The van der Waals surface area contributed by atoms with Crippen LogP contribution in [0.15, 0.2) is 24.3 Å². The van der Waals surface area contributed by atoms with E-state index in [4.69, 9.17) is 4.74 Å². The Morgan fingerprint density at radius 3 is 2.55 bits per heavy atom. The molecular formula is C28H37N5O6S. The lowest BCUT2D eigenvalue weighted by molar-refractivity contribution is -0.141. The van der Waals surface area contributed by atoms with Gasteiger partial charge in [-0.05, 0) is 42.7 Å². The first-order chi connectivity index (χ1) is 18.9. The number of nitrogens with one attached hydrogen (secondary N) is 3. The highest BCUT2D eigenvalue weighted by molar-refractivity contribution is 7.20. The topological polar surface area (TPSA) is 147 Å². The van der Waals surface area contributed by atoms with Crippen LogP contribution in [0.3, 0.4) is 0 Å². The molecule has 0 radical (unpaired) electrons. The van der Waals surface area contributed by atoms with E-state index in [1.54, 1.807) is 13.8 Å². The van der Waals surface area contributed by atoms with Crippen molar-refractivity contribution in [2.75, 3.05) is 20.2 Å². The van der Waals surface area contributed by atoms with Crippen molar-refractivity contribution in [1.82, 2.24) is 25.8 Å². The van der Waals surface area contributed by atoms with E-state index < -0.39 is 42.0 Å². The fraction of sp³-hybridized carbons (Fsp3) is 0.571. The maximum absolute atomic E-state index is 13.8. The van der Waals surface area contributed by atoms with Gasteiger partial charge in [0.05, 0.1) is 23.4 Å². The van der Waals surface area contributed by atoms with Gasteiger partial charge in [0.25, 0.3) is 0 Å². The second-order valence-corrected chi connectivity index (χ2v) is 12.7. The molecule has 2 aliphatic heterocycles. The number of Topliss-reactive ketones (excluding diaryl/α,β-unsaturated/α-hetero) is 1. The number of methoxy groups -OCH3 is 1. The quantitative estimate of drug-likeness (QED) is 0.392. The summed E-state index contributed by atoms with van der Waals surface area (Å²) in [6, 6.07) is 4.66. The molecule has 2 saturated heterocycles. The SMILES string of the molecule is COC(=O)N[C@H](C(=O)N1CC(C)(C)C[C@H]1C(=O)N[C@@H](C[C@@H]1CCNC1=O)C(=O)c1nc2ccccc2s1)C(C)C. The smallest absolute Gasteiger partial charge is 0.407 e. The minimum atomic E-state index is -0.989. The van der Waals surface area contributed by atoms with Crippen LogP contribution in [0.1, 0.15) is 56.8 Å². The van der Waals surface area contributed by atoms with Crippen molar-refractivity contribution in [3.8, 4) is 0 Å². The number of nitrogens with zero attached hydrogens (tertiary/aromatic N) is 2. The normalized spacial score (nSPS) is 21.6. The standard InChI is InChI=1S/C28H37N5O6S/c1-15(2)21(32-27(38)39-5)26(37)33-14-28(3,4)13-19(33)24(36)30-18(12-16-10-11-29-23(16)35)22(34)25-31-17-8-6-7-9-20(17)40-25/h6-9,15-16,18-19,21H,10-14H2,1-5H3,(H,29,35)(H,30,36)(H,32,38)/t16-,18-,19-,21-/m0/s1. The van der Waals surface area contributed by atoms with Crippen LogP contribution < -0.4 is 16.0 Å². The number of hydrogen-bond acceptors (Lipinski definition) is 8. The zero-order chi connectivity index (χ0) is 29.2. The number of alkyl carbamates (subject to hydrolysis) is 1. The molecule has 2 aromatic rings. The number of ketones is 1. The Kier molecular flexibility index (Phi) is 8.77. The summed E-state index contributed by atoms with van der Waals surface area (Å²) in [5.41, 5.74) is 0.314. The molecule has 12 heteroatoms. The van der Waals surface area contributed by atoms with Gasteiger partial charge in [0, 0.05) is 19.0 Å². The Labute approximate surface area is 237 Å². The molecule has 0 aliphatic carbocycles. The van der Waals surface area contributed by atoms with Crippen molar-refractivity contribution in [3.05, 3.63) is 29.3 Å². The highest BCUT2D eigenvalue weighted by Crippen LogP contribution is 2.35. The Morgan fingerprint density at radius 1 is 1.20 bits per heavy atom. The molecule has 0 bridgehead atoms. The molecular weight excluding hydrogens is 534 g/mol. The van der Waals surface area contributed by atoms with E-state index in [2.05, 4.69) is 20.9 Å². The number of hydrogen-bond donors (Lipinski definition) is 3.